The molecule has 6 aromatic rings. The van der Waals surface area contributed by atoms with E-state index in [9.17, 15) is 20.4 Å². The maximum absolute atomic E-state index is 9.43. The number of fused-ring (bicyclic) bond motifs is 2. The van der Waals surface area contributed by atoms with Crippen LogP contribution in [0, 0.1) is 0 Å². The van der Waals surface area contributed by atoms with Gasteiger partial charge >= 0.3 is 0 Å². The first-order chi connectivity index (χ1) is 16.4. The zero-order valence-electron chi connectivity index (χ0n) is 17.8. The van der Waals surface area contributed by atoms with Crippen molar-refractivity contribution in [1.29, 1.82) is 0 Å². The molecule has 8 nitrogen and oxygen atoms in total. The first-order valence-electron chi connectivity index (χ1n) is 10.4. The summed E-state index contributed by atoms with van der Waals surface area (Å²) in [6.07, 6.45) is 0. The van der Waals surface area contributed by atoms with Gasteiger partial charge in [-0.15, -0.1) is 0 Å². The molecule has 0 spiro atoms. The largest absolute Gasteiger partial charge is 0.508 e. The maximum atomic E-state index is 9.43. The van der Waals surface area contributed by atoms with Crippen molar-refractivity contribution in [3.63, 3.8) is 0 Å². The summed E-state index contributed by atoms with van der Waals surface area (Å²) in [4.78, 5) is 15.0. The molecule has 0 amide bonds. The third-order valence-corrected chi connectivity index (χ3v) is 5.13. The molecule has 0 saturated heterocycles. The Morgan fingerprint density at radius 1 is 0.471 bits per heavy atom. The quantitative estimate of drug-likeness (QED) is 0.211. The molecule has 0 aliphatic heterocycles. The number of imidazole rings is 2. The Balaban J connectivity index is 0.000000142. The van der Waals surface area contributed by atoms with Gasteiger partial charge in [0.25, 0.3) is 0 Å². The van der Waals surface area contributed by atoms with E-state index in [4.69, 9.17) is 0 Å². The van der Waals surface area contributed by atoms with Crippen LogP contribution in [0.3, 0.4) is 0 Å². The summed E-state index contributed by atoms with van der Waals surface area (Å²) in [7, 11) is 0. The number of phenols is 4. The van der Waals surface area contributed by atoms with E-state index in [0.717, 1.165) is 22.1 Å². The average Bonchev–Trinajstić information content (AvgIpc) is 3.43. The molecule has 4 aromatic carbocycles. The van der Waals surface area contributed by atoms with E-state index < -0.39 is 0 Å². The number of aromatic amines is 2. The van der Waals surface area contributed by atoms with Crippen LogP contribution in [0.15, 0.2) is 84.9 Å². The van der Waals surface area contributed by atoms with Gasteiger partial charge < -0.3 is 30.4 Å². The fraction of sp³-hybridized carbons (Fsp3) is 0. The van der Waals surface area contributed by atoms with Crippen LogP contribution in [0.5, 0.6) is 23.0 Å². The first kappa shape index (κ1) is 20.9. The highest BCUT2D eigenvalue weighted by molar-refractivity contribution is 5.80. The number of rotatable bonds is 2. The fourth-order valence-corrected chi connectivity index (χ4v) is 3.64. The smallest absolute Gasteiger partial charge is 0.138 e. The number of H-pyrrole nitrogens is 2. The van der Waals surface area contributed by atoms with Crippen LogP contribution in [0.2, 0.25) is 0 Å². The van der Waals surface area contributed by atoms with Gasteiger partial charge in [-0.05, 0) is 48.5 Å². The molecule has 0 bridgehead atoms. The van der Waals surface area contributed by atoms with Crippen LogP contribution >= 0.6 is 0 Å². The van der Waals surface area contributed by atoms with Crippen LogP contribution in [0.1, 0.15) is 0 Å². The molecule has 2 heterocycles. The lowest BCUT2D eigenvalue weighted by molar-refractivity contribution is 0.450. The van der Waals surface area contributed by atoms with Gasteiger partial charge in [0.15, 0.2) is 0 Å². The van der Waals surface area contributed by atoms with Gasteiger partial charge in [-0.1, -0.05) is 24.3 Å². The summed E-state index contributed by atoms with van der Waals surface area (Å²) in [5.41, 5.74) is 4.85. The second kappa shape index (κ2) is 8.51. The molecule has 0 unspecified atom stereocenters. The minimum Gasteiger partial charge on any atom is -0.508 e. The molecule has 6 N–H and O–H groups in total. The lowest BCUT2D eigenvalue weighted by atomic mass is 10.2. The number of para-hydroxylation sites is 4. The van der Waals surface area contributed by atoms with Gasteiger partial charge in [-0.3, -0.25) is 0 Å². The van der Waals surface area contributed by atoms with E-state index in [2.05, 4.69) is 19.9 Å². The number of nitrogens with one attached hydrogen (secondary N) is 2. The zero-order chi connectivity index (χ0) is 23.7. The zero-order valence-corrected chi connectivity index (χ0v) is 17.8. The molecule has 0 fully saturated rings. The average molecular weight is 452 g/mol. The van der Waals surface area contributed by atoms with Crippen molar-refractivity contribution in [2.24, 2.45) is 0 Å². The summed E-state index contributed by atoms with van der Waals surface area (Å²) in [5.74, 6) is 1.30. The highest BCUT2D eigenvalue weighted by atomic mass is 16.3. The summed E-state index contributed by atoms with van der Waals surface area (Å²) < 4.78 is 0. The summed E-state index contributed by atoms with van der Waals surface area (Å²) in [6, 6.07) is 24.1. The molecule has 0 saturated carbocycles. The Bertz CT molecular complexity index is 1390. The minimum atomic E-state index is 0.0143. The number of aromatic hydroxyl groups is 4. The standard InChI is InChI=1S/2C13H10N2O2/c2*16-9-5-8(6-10(17)7-9)13-14-11-3-1-2-4-12(11)15-13/h2*1-7,16-17H,(H,14,15). The molecular formula is C26H20N4O4. The highest BCUT2D eigenvalue weighted by Gasteiger charge is 2.08. The molecule has 0 aliphatic carbocycles. The topological polar surface area (TPSA) is 138 Å². The van der Waals surface area contributed by atoms with Crippen LogP contribution in [0.25, 0.3) is 44.8 Å². The molecule has 0 atom stereocenters. The van der Waals surface area contributed by atoms with Crippen molar-refractivity contribution in [3.05, 3.63) is 84.9 Å². The molecular weight excluding hydrogens is 432 g/mol. The second-order valence-corrected chi connectivity index (χ2v) is 7.68. The molecule has 6 rings (SSSR count). The van der Waals surface area contributed by atoms with E-state index in [-0.39, 0.29) is 23.0 Å². The van der Waals surface area contributed by atoms with Crippen molar-refractivity contribution in [3.8, 4) is 45.8 Å². The fourth-order valence-electron chi connectivity index (χ4n) is 3.64. The van der Waals surface area contributed by atoms with Crippen molar-refractivity contribution in [2.75, 3.05) is 0 Å². The van der Waals surface area contributed by atoms with E-state index in [1.807, 2.05) is 48.5 Å². The Morgan fingerprint density at radius 3 is 1.18 bits per heavy atom. The van der Waals surface area contributed by atoms with Gasteiger partial charge in [0, 0.05) is 23.3 Å². The van der Waals surface area contributed by atoms with Crippen LogP contribution in [-0.4, -0.2) is 40.4 Å². The maximum Gasteiger partial charge on any atom is 0.138 e. The van der Waals surface area contributed by atoms with E-state index in [1.165, 1.54) is 12.1 Å². The molecule has 0 radical (unpaired) electrons. The Morgan fingerprint density at radius 2 is 0.824 bits per heavy atom. The van der Waals surface area contributed by atoms with Gasteiger partial charge in [-0.25, -0.2) is 9.97 Å². The lowest BCUT2D eigenvalue weighted by Crippen LogP contribution is -1.80. The van der Waals surface area contributed by atoms with E-state index >= 15 is 0 Å². The summed E-state index contributed by atoms with van der Waals surface area (Å²) >= 11 is 0. The monoisotopic (exact) mass is 452 g/mol. The number of benzene rings is 4. The van der Waals surface area contributed by atoms with Crippen molar-refractivity contribution < 1.29 is 20.4 Å². The van der Waals surface area contributed by atoms with Crippen LogP contribution < -0.4 is 0 Å². The lowest BCUT2D eigenvalue weighted by Gasteiger charge is -1.99. The predicted molar refractivity (Wildman–Crippen MR) is 130 cm³/mol. The Hall–Kier alpha value is -4.98. The van der Waals surface area contributed by atoms with Gasteiger partial charge in [0.2, 0.25) is 0 Å². The molecule has 34 heavy (non-hydrogen) atoms. The molecule has 2 aromatic heterocycles. The van der Waals surface area contributed by atoms with Gasteiger partial charge in [0.05, 0.1) is 22.1 Å². The third-order valence-electron chi connectivity index (χ3n) is 5.13. The minimum absolute atomic E-state index is 0.0143. The van der Waals surface area contributed by atoms with Crippen LogP contribution in [-0.2, 0) is 0 Å². The first-order valence-corrected chi connectivity index (χ1v) is 10.4. The summed E-state index contributed by atoms with van der Waals surface area (Å²) in [6.45, 7) is 0. The molecule has 8 heteroatoms. The number of hydrogen-bond acceptors (Lipinski definition) is 6. The third kappa shape index (κ3) is 4.33. The van der Waals surface area contributed by atoms with Crippen molar-refractivity contribution in [2.45, 2.75) is 0 Å². The van der Waals surface area contributed by atoms with E-state index in [1.54, 1.807) is 24.3 Å². The van der Waals surface area contributed by atoms with Crippen LogP contribution in [0.4, 0.5) is 0 Å². The summed E-state index contributed by atoms with van der Waals surface area (Å²) in [5, 5.41) is 37.7. The number of nitrogens with zero attached hydrogens (tertiary/aromatic N) is 2. The molecule has 168 valence electrons. The number of aromatic nitrogens is 4. The van der Waals surface area contributed by atoms with Crippen molar-refractivity contribution in [1.82, 2.24) is 19.9 Å². The van der Waals surface area contributed by atoms with Gasteiger partial charge in [-0.2, -0.15) is 0 Å². The van der Waals surface area contributed by atoms with Crippen molar-refractivity contribution >= 4 is 22.1 Å². The highest BCUT2D eigenvalue weighted by Crippen LogP contribution is 2.29. The molecule has 0 aliphatic rings. The SMILES string of the molecule is Oc1cc(O)cc(-c2nc3ccccc3[nH]2)c1.Oc1cc(O)cc(-c2nc3ccccc3[nH]2)c1. The number of hydrogen-bond donors (Lipinski definition) is 6. The Kier molecular flexibility index (Phi) is 5.23. The predicted octanol–water partition coefficient (Wildman–Crippen LogP) is 5.28. The normalized spacial score (nSPS) is 10.8. The van der Waals surface area contributed by atoms with E-state index in [0.29, 0.717) is 22.8 Å². The number of phenolic OH excluding ortho intramolecular Hbond substituents is 4. The second-order valence-electron chi connectivity index (χ2n) is 7.68. The van der Waals surface area contributed by atoms with Gasteiger partial charge in [0.1, 0.15) is 34.6 Å². The Labute approximate surface area is 193 Å².